The van der Waals surface area contributed by atoms with Crippen LogP contribution in [0, 0.1) is 11.3 Å². The number of rotatable bonds is 4. The zero-order chi connectivity index (χ0) is 16.1. The first-order chi connectivity index (χ1) is 10.5. The highest BCUT2D eigenvalue weighted by atomic mass is 19.3. The Morgan fingerprint density at radius 1 is 1.41 bits per heavy atom. The molecule has 0 spiro atoms. The molecule has 1 N–H and O–H groups in total. The molecular weight excluding hydrogens is 294 g/mol. The molecule has 7 heteroatoms. The summed E-state index contributed by atoms with van der Waals surface area (Å²) in [5.41, 5.74) is 2.49. The second kappa shape index (κ2) is 7.00. The van der Waals surface area contributed by atoms with Crippen LogP contribution >= 0.6 is 0 Å². The number of alkyl halides is 2. The summed E-state index contributed by atoms with van der Waals surface area (Å²) in [6.07, 6.45) is -0.714. The van der Waals surface area contributed by atoms with Crippen LogP contribution in [0.3, 0.4) is 0 Å². The van der Waals surface area contributed by atoms with Crippen molar-refractivity contribution in [3.8, 4) is 6.07 Å². The molecule has 22 heavy (non-hydrogen) atoms. The number of carboxylic acid groups (broad SMARTS) is 1. The van der Waals surface area contributed by atoms with E-state index in [2.05, 4.69) is 4.74 Å². The third-order valence-electron chi connectivity index (χ3n) is 3.48. The van der Waals surface area contributed by atoms with E-state index in [0.29, 0.717) is 28.7 Å². The van der Waals surface area contributed by atoms with Gasteiger partial charge in [-0.3, -0.25) is 0 Å². The van der Waals surface area contributed by atoms with Gasteiger partial charge in [-0.15, -0.1) is 0 Å². The van der Waals surface area contributed by atoms with Crippen LogP contribution in [0.4, 0.5) is 13.6 Å². The van der Waals surface area contributed by atoms with Crippen LogP contribution in [0.2, 0.25) is 0 Å². The Balaban J connectivity index is 2.31. The van der Waals surface area contributed by atoms with Crippen molar-refractivity contribution in [3.05, 3.63) is 41.0 Å². The molecule has 0 unspecified atom stereocenters. The predicted molar refractivity (Wildman–Crippen MR) is 74.2 cm³/mol. The first-order valence-electron chi connectivity index (χ1n) is 6.60. The molecule has 0 aromatic heterocycles. The molecule has 1 aromatic carbocycles. The molecule has 0 atom stereocenters. The summed E-state index contributed by atoms with van der Waals surface area (Å²) in [5.74, 6) is 0. The monoisotopic (exact) mass is 308 g/mol. The molecule has 5 nitrogen and oxygen atoms in total. The van der Waals surface area contributed by atoms with E-state index in [-0.39, 0.29) is 19.7 Å². The second-order valence-corrected chi connectivity index (χ2v) is 4.80. The molecule has 1 amide bonds. The number of halogens is 2. The van der Waals surface area contributed by atoms with Gasteiger partial charge >= 0.3 is 12.7 Å². The van der Waals surface area contributed by atoms with E-state index >= 15 is 0 Å². The fourth-order valence-corrected chi connectivity index (χ4v) is 2.33. The molecule has 1 heterocycles. The van der Waals surface area contributed by atoms with Crippen LogP contribution in [0.5, 0.6) is 0 Å². The SMILES string of the molecule is N#Cc1ccc(C2=C(COC(F)F)CCN(C(=O)O)C2)cc1. The fraction of sp³-hybridized carbons (Fsp3) is 0.333. The third kappa shape index (κ3) is 3.80. The minimum Gasteiger partial charge on any atom is -0.465 e. The molecule has 1 aliphatic heterocycles. The Labute approximate surface area is 126 Å². The molecule has 1 aliphatic rings. The number of nitrogens with zero attached hydrogens (tertiary/aromatic N) is 2. The number of amides is 1. The molecule has 0 saturated carbocycles. The number of carbonyl (C=O) groups is 1. The highest BCUT2D eigenvalue weighted by Crippen LogP contribution is 2.27. The minimum absolute atomic E-state index is 0.114. The summed E-state index contributed by atoms with van der Waals surface area (Å²) in [5, 5.41) is 17.9. The van der Waals surface area contributed by atoms with Crippen molar-refractivity contribution >= 4 is 11.7 Å². The average molecular weight is 308 g/mol. The van der Waals surface area contributed by atoms with Crippen LogP contribution in [-0.2, 0) is 4.74 Å². The van der Waals surface area contributed by atoms with Crippen LogP contribution in [-0.4, -0.2) is 42.4 Å². The highest BCUT2D eigenvalue weighted by molar-refractivity contribution is 5.76. The van der Waals surface area contributed by atoms with E-state index in [1.807, 2.05) is 6.07 Å². The first kappa shape index (κ1) is 15.9. The van der Waals surface area contributed by atoms with Crippen molar-refractivity contribution < 1.29 is 23.4 Å². The van der Waals surface area contributed by atoms with Gasteiger partial charge in [0.2, 0.25) is 0 Å². The van der Waals surface area contributed by atoms with Crippen molar-refractivity contribution in [3.63, 3.8) is 0 Å². The van der Waals surface area contributed by atoms with Crippen molar-refractivity contribution in [2.24, 2.45) is 0 Å². The molecular formula is C15H14F2N2O3. The van der Waals surface area contributed by atoms with Gasteiger partial charge in [0.05, 0.1) is 18.2 Å². The van der Waals surface area contributed by atoms with Crippen molar-refractivity contribution in [2.75, 3.05) is 19.7 Å². The van der Waals surface area contributed by atoms with Gasteiger partial charge in [0.25, 0.3) is 0 Å². The summed E-state index contributed by atoms with van der Waals surface area (Å²) in [4.78, 5) is 12.3. The van der Waals surface area contributed by atoms with Gasteiger partial charge in [-0.2, -0.15) is 14.0 Å². The van der Waals surface area contributed by atoms with Gasteiger partial charge in [0.1, 0.15) is 0 Å². The largest absolute Gasteiger partial charge is 0.465 e. The summed E-state index contributed by atoms with van der Waals surface area (Å²) in [7, 11) is 0. The average Bonchev–Trinajstić information content (AvgIpc) is 2.52. The lowest BCUT2D eigenvalue weighted by atomic mass is 9.94. The van der Waals surface area contributed by atoms with Gasteiger partial charge < -0.3 is 14.7 Å². The standard InChI is InChI=1S/C15H14F2N2O3/c16-14(17)22-9-12-5-6-19(15(20)21)8-13(12)11-3-1-10(7-18)2-4-11/h1-4,14H,5-6,8-9H2,(H,20,21). The van der Waals surface area contributed by atoms with E-state index in [1.54, 1.807) is 24.3 Å². The minimum atomic E-state index is -2.87. The zero-order valence-corrected chi connectivity index (χ0v) is 11.6. The van der Waals surface area contributed by atoms with Gasteiger partial charge in [0.15, 0.2) is 0 Å². The van der Waals surface area contributed by atoms with Crippen LogP contribution in [0.25, 0.3) is 5.57 Å². The highest BCUT2D eigenvalue weighted by Gasteiger charge is 2.24. The Bertz CT molecular complexity index is 621. The maximum atomic E-state index is 12.2. The molecule has 0 radical (unpaired) electrons. The Kier molecular flexibility index (Phi) is 5.07. The second-order valence-electron chi connectivity index (χ2n) is 4.80. The quantitative estimate of drug-likeness (QED) is 0.928. The molecule has 1 aromatic rings. The van der Waals surface area contributed by atoms with E-state index in [4.69, 9.17) is 10.4 Å². The predicted octanol–water partition coefficient (Wildman–Crippen LogP) is 2.93. The topological polar surface area (TPSA) is 73.6 Å². The van der Waals surface area contributed by atoms with Crippen molar-refractivity contribution in [1.29, 1.82) is 5.26 Å². The zero-order valence-electron chi connectivity index (χ0n) is 11.6. The molecule has 0 bridgehead atoms. The number of hydrogen-bond donors (Lipinski definition) is 1. The van der Waals surface area contributed by atoms with Crippen molar-refractivity contribution in [1.82, 2.24) is 4.90 Å². The van der Waals surface area contributed by atoms with Crippen molar-refractivity contribution in [2.45, 2.75) is 13.0 Å². The lowest BCUT2D eigenvalue weighted by molar-refractivity contribution is -0.121. The summed E-state index contributed by atoms with van der Waals surface area (Å²) < 4.78 is 28.8. The molecule has 0 fully saturated rings. The summed E-state index contributed by atoms with van der Waals surface area (Å²) in [6, 6.07) is 8.56. The lowest BCUT2D eigenvalue weighted by Gasteiger charge is -2.29. The van der Waals surface area contributed by atoms with E-state index < -0.39 is 12.7 Å². The van der Waals surface area contributed by atoms with Crippen LogP contribution in [0.15, 0.2) is 29.8 Å². The molecule has 116 valence electrons. The maximum absolute atomic E-state index is 12.2. The summed E-state index contributed by atoms with van der Waals surface area (Å²) >= 11 is 0. The lowest BCUT2D eigenvalue weighted by Crippen LogP contribution is -2.36. The summed E-state index contributed by atoms with van der Waals surface area (Å²) in [6.45, 7) is -2.74. The number of nitriles is 1. The van der Waals surface area contributed by atoms with E-state index in [9.17, 15) is 13.6 Å². The van der Waals surface area contributed by atoms with Crippen LogP contribution in [0.1, 0.15) is 17.5 Å². The molecule has 0 saturated heterocycles. The molecule has 2 rings (SSSR count). The normalized spacial score (nSPS) is 15.1. The Morgan fingerprint density at radius 3 is 2.64 bits per heavy atom. The van der Waals surface area contributed by atoms with Gasteiger partial charge in [0, 0.05) is 13.1 Å². The van der Waals surface area contributed by atoms with E-state index in [1.165, 1.54) is 4.90 Å². The Morgan fingerprint density at radius 2 is 2.09 bits per heavy atom. The first-order valence-corrected chi connectivity index (χ1v) is 6.60. The third-order valence-corrected chi connectivity index (χ3v) is 3.48. The van der Waals surface area contributed by atoms with E-state index in [0.717, 1.165) is 0 Å². The van der Waals surface area contributed by atoms with Gasteiger partial charge in [-0.1, -0.05) is 12.1 Å². The maximum Gasteiger partial charge on any atom is 0.407 e. The Hall–Kier alpha value is -2.46. The number of ether oxygens (including phenoxy) is 1. The molecule has 0 aliphatic carbocycles. The number of benzene rings is 1. The number of hydrogen-bond acceptors (Lipinski definition) is 3. The fourth-order valence-electron chi connectivity index (χ4n) is 2.33. The van der Waals surface area contributed by atoms with Gasteiger partial charge in [-0.05, 0) is 35.3 Å². The van der Waals surface area contributed by atoms with Crippen LogP contribution < -0.4 is 0 Å². The van der Waals surface area contributed by atoms with Gasteiger partial charge in [-0.25, -0.2) is 4.79 Å². The smallest absolute Gasteiger partial charge is 0.407 e.